The summed E-state index contributed by atoms with van der Waals surface area (Å²) in [5.74, 6) is 5.08. The Kier molecular flexibility index (Phi) is 5.22. The van der Waals surface area contributed by atoms with E-state index in [1.165, 1.54) is 18.0 Å². The summed E-state index contributed by atoms with van der Waals surface area (Å²) in [6.45, 7) is 1.71. The monoisotopic (exact) mass is 350 g/mol. The van der Waals surface area contributed by atoms with Crippen LogP contribution in [0.4, 0.5) is 10.1 Å². The van der Waals surface area contributed by atoms with Gasteiger partial charge in [-0.25, -0.2) is 4.39 Å². The average molecular weight is 350 g/mol. The standard InChI is InChI=1S/C20H15FN2OS/c1-2-6-14-9-10-18(17(21)11-14)23-25-19-13-22-12-16(19)20(24)15-7-4-3-5-8-15/h3-5,7-13,22-23H,1H3. The zero-order valence-electron chi connectivity index (χ0n) is 13.5. The fourth-order valence-electron chi connectivity index (χ4n) is 2.29. The van der Waals surface area contributed by atoms with E-state index >= 15 is 0 Å². The van der Waals surface area contributed by atoms with E-state index in [4.69, 9.17) is 0 Å². The van der Waals surface area contributed by atoms with Crippen molar-refractivity contribution >= 4 is 23.4 Å². The van der Waals surface area contributed by atoms with E-state index in [2.05, 4.69) is 21.5 Å². The van der Waals surface area contributed by atoms with Crippen LogP contribution in [0.3, 0.4) is 0 Å². The van der Waals surface area contributed by atoms with E-state index in [1.807, 2.05) is 18.2 Å². The van der Waals surface area contributed by atoms with Crippen LogP contribution in [-0.2, 0) is 0 Å². The molecule has 0 aliphatic heterocycles. The first kappa shape index (κ1) is 16.9. The highest BCUT2D eigenvalue weighted by atomic mass is 32.2. The third kappa shape index (κ3) is 3.93. The Bertz CT molecular complexity index is 955. The molecule has 1 aromatic heterocycles. The Morgan fingerprint density at radius 1 is 1.16 bits per heavy atom. The Hall–Kier alpha value is -2.97. The van der Waals surface area contributed by atoms with Crippen molar-refractivity contribution in [3.8, 4) is 11.8 Å². The second-order valence-electron chi connectivity index (χ2n) is 5.20. The Morgan fingerprint density at radius 3 is 2.68 bits per heavy atom. The van der Waals surface area contributed by atoms with Crippen LogP contribution in [0, 0.1) is 17.7 Å². The van der Waals surface area contributed by atoms with Crippen LogP contribution in [0.25, 0.3) is 0 Å². The number of carbonyl (C=O) groups is 1. The normalized spacial score (nSPS) is 10.0. The van der Waals surface area contributed by atoms with Gasteiger partial charge in [0.05, 0.1) is 16.1 Å². The molecular formula is C20H15FN2OS. The number of hydrogen-bond acceptors (Lipinski definition) is 3. The number of aromatic nitrogens is 1. The minimum Gasteiger partial charge on any atom is -0.366 e. The summed E-state index contributed by atoms with van der Waals surface area (Å²) in [6, 6.07) is 13.8. The van der Waals surface area contributed by atoms with Crippen molar-refractivity contribution in [1.82, 2.24) is 4.98 Å². The highest BCUT2D eigenvalue weighted by molar-refractivity contribution is 8.00. The quantitative estimate of drug-likeness (QED) is 0.392. The number of anilines is 1. The van der Waals surface area contributed by atoms with Gasteiger partial charge >= 0.3 is 0 Å². The maximum atomic E-state index is 14.1. The van der Waals surface area contributed by atoms with Crippen LogP contribution in [0.15, 0.2) is 65.8 Å². The molecule has 1 heterocycles. The molecule has 0 unspecified atom stereocenters. The van der Waals surface area contributed by atoms with Crippen molar-refractivity contribution < 1.29 is 9.18 Å². The number of rotatable bonds is 5. The molecule has 0 aliphatic carbocycles. The molecule has 0 saturated carbocycles. The molecule has 0 amide bonds. The van der Waals surface area contributed by atoms with Gasteiger partial charge in [-0.05, 0) is 37.1 Å². The summed E-state index contributed by atoms with van der Waals surface area (Å²) in [4.78, 5) is 16.2. The first-order valence-electron chi connectivity index (χ1n) is 7.60. The van der Waals surface area contributed by atoms with E-state index in [1.54, 1.807) is 43.6 Å². The van der Waals surface area contributed by atoms with Gasteiger partial charge < -0.3 is 9.71 Å². The second kappa shape index (κ2) is 7.73. The molecule has 0 aliphatic rings. The highest BCUT2D eigenvalue weighted by Crippen LogP contribution is 2.27. The molecule has 5 heteroatoms. The van der Waals surface area contributed by atoms with Crippen LogP contribution < -0.4 is 4.72 Å². The van der Waals surface area contributed by atoms with E-state index in [-0.39, 0.29) is 11.6 Å². The number of hydrogen-bond donors (Lipinski definition) is 2. The van der Waals surface area contributed by atoms with Gasteiger partial charge in [0, 0.05) is 23.5 Å². The lowest BCUT2D eigenvalue weighted by Gasteiger charge is -2.07. The van der Waals surface area contributed by atoms with Crippen molar-refractivity contribution in [3.63, 3.8) is 0 Å². The largest absolute Gasteiger partial charge is 0.366 e. The number of nitrogens with one attached hydrogen (secondary N) is 2. The van der Waals surface area contributed by atoms with Crippen LogP contribution in [0.1, 0.15) is 28.4 Å². The van der Waals surface area contributed by atoms with Gasteiger partial charge in [0.1, 0.15) is 5.82 Å². The molecule has 2 aromatic carbocycles. The first-order chi connectivity index (χ1) is 12.2. The van der Waals surface area contributed by atoms with Gasteiger partial charge in [-0.2, -0.15) is 0 Å². The number of ketones is 1. The van der Waals surface area contributed by atoms with Gasteiger partial charge in [-0.1, -0.05) is 36.3 Å². The van der Waals surface area contributed by atoms with Gasteiger partial charge in [-0.3, -0.25) is 4.79 Å². The van der Waals surface area contributed by atoms with Gasteiger partial charge in [0.15, 0.2) is 5.78 Å². The summed E-state index contributed by atoms with van der Waals surface area (Å²) in [6.07, 6.45) is 3.36. The van der Waals surface area contributed by atoms with Crippen molar-refractivity contribution in [2.75, 3.05) is 4.72 Å². The lowest BCUT2D eigenvalue weighted by molar-refractivity contribution is 0.103. The summed E-state index contributed by atoms with van der Waals surface area (Å²) >= 11 is 1.19. The molecule has 0 bridgehead atoms. The fourth-order valence-corrected chi connectivity index (χ4v) is 3.06. The van der Waals surface area contributed by atoms with Gasteiger partial charge in [0.2, 0.25) is 0 Å². The number of carbonyl (C=O) groups excluding carboxylic acids is 1. The summed E-state index contributed by atoms with van der Waals surface area (Å²) < 4.78 is 17.1. The fraction of sp³-hybridized carbons (Fsp3) is 0.0500. The minimum absolute atomic E-state index is 0.0832. The minimum atomic E-state index is -0.390. The van der Waals surface area contributed by atoms with E-state index in [0.717, 1.165) is 0 Å². The molecule has 3 aromatic rings. The Morgan fingerprint density at radius 2 is 1.96 bits per heavy atom. The SMILES string of the molecule is CC#Cc1ccc(NSc2c[nH]cc2C(=O)c2ccccc2)c(F)c1. The zero-order valence-corrected chi connectivity index (χ0v) is 14.3. The lowest BCUT2D eigenvalue weighted by atomic mass is 10.1. The molecule has 25 heavy (non-hydrogen) atoms. The van der Waals surface area contributed by atoms with Crippen molar-refractivity contribution in [1.29, 1.82) is 0 Å². The van der Waals surface area contributed by atoms with E-state index in [9.17, 15) is 9.18 Å². The third-order valence-electron chi connectivity index (χ3n) is 3.50. The Balaban J connectivity index is 1.76. The summed E-state index contributed by atoms with van der Waals surface area (Å²) in [5.41, 5.74) is 2.11. The second-order valence-corrected chi connectivity index (χ2v) is 6.05. The molecule has 0 spiro atoms. The molecule has 0 saturated heterocycles. The predicted octanol–water partition coefficient (Wildman–Crippen LogP) is 4.88. The molecule has 0 atom stereocenters. The highest BCUT2D eigenvalue weighted by Gasteiger charge is 2.15. The maximum absolute atomic E-state index is 14.1. The van der Waals surface area contributed by atoms with Crippen LogP contribution in [-0.4, -0.2) is 10.8 Å². The molecule has 0 fully saturated rings. The number of aromatic amines is 1. The molecular weight excluding hydrogens is 335 g/mol. The summed E-state index contributed by atoms with van der Waals surface area (Å²) in [5, 5.41) is 0. The van der Waals surface area contributed by atoms with Gasteiger partial charge in [0.25, 0.3) is 0 Å². The smallest absolute Gasteiger partial charge is 0.195 e. The zero-order chi connectivity index (χ0) is 17.6. The first-order valence-corrected chi connectivity index (χ1v) is 8.42. The topological polar surface area (TPSA) is 44.9 Å². The molecule has 3 nitrogen and oxygen atoms in total. The molecule has 124 valence electrons. The third-order valence-corrected chi connectivity index (χ3v) is 4.38. The predicted molar refractivity (Wildman–Crippen MR) is 99.1 cm³/mol. The number of H-pyrrole nitrogens is 1. The van der Waals surface area contributed by atoms with Crippen LogP contribution in [0.5, 0.6) is 0 Å². The van der Waals surface area contributed by atoms with E-state index in [0.29, 0.717) is 27.3 Å². The molecule has 0 radical (unpaired) electrons. The van der Waals surface area contributed by atoms with E-state index < -0.39 is 0 Å². The van der Waals surface area contributed by atoms with Crippen LogP contribution in [0.2, 0.25) is 0 Å². The van der Waals surface area contributed by atoms with Crippen molar-refractivity contribution in [2.24, 2.45) is 0 Å². The lowest BCUT2D eigenvalue weighted by Crippen LogP contribution is -2.01. The van der Waals surface area contributed by atoms with Gasteiger partial charge in [-0.15, -0.1) is 5.92 Å². The maximum Gasteiger partial charge on any atom is 0.195 e. The number of benzene rings is 2. The molecule has 2 N–H and O–H groups in total. The Labute approximate surface area is 149 Å². The number of halogens is 1. The van der Waals surface area contributed by atoms with Crippen molar-refractivity contribution in [3.05, 3.63) is 83.4 Å². The average Bonchev–Trinajstić information content (AvgIpc) is 3.10. The van der Waals surface area contributed by atoms with Crippen molar-refractivity contribution in [2.45, 2.75) is 11.8 Å². The summed E-state index contributed by atoms with van der Waals surface area (Å²) in [7, 11) is 0. The van der Waals surface area contributed by atoms with Crippen LogP contribution >= 0.6 is 11.9 Å². The molecule has 3 rings (SSSR count).